The third-order valence-electron chi connectivity index (χ3n) is 1.97. The Hall–Kier alpha value is -0.0400. The van der Waals surface area contributed by atoms with E-state index in [1.807, 2.05) is 0 Å². The van der Waals surface area contributed by atoms with Gasteiger partial charge in [-0.1, -0.05) is 26.7 Å². The lowest BCUT2D eigenvalue weighted by Crippen LogP contribution is -2.16. The second-order valence-corrected chi connectivity index (χ2v) is 3.97. The monoisotopic (exact) mass is 128 g/mol. The van der Waals surface area contributed by atoms with Crippen LogP contribution in [0.4, 0.5) is 0 Å². The SMILES string of the molecule is CC(C)(CO)CC1CC1. The van der Waals surface area contributed by atoms with Crippen molar-refractivity contribution in [3.8, 4) is 0 Å². The van der Waals surface area contributed by atoms with E-state index in [0.717, 1.165) is 5.92 Å². The van der Waals surface area contributed by atoms with Crippen LogP contribution in [0.5, 0.6) is 0 Å². The van der Waals surface area contributed by atoms with Gasteiger partial charge in [0.2, 0.25) is 0 Å². The van der Waals surface area contributed by atoms with Crippen LogP contribution in [0.3, 0.4) is 0 Å². The van der Waals surface area contributed by atoms with Crippen LogP contribution in [0.25, 0.3) is 0 Å². The minimum Gasteiger partial charge on any atom is -0.396 e. The molecule has 1 rings (SSSR count). The lowest BCUT2D eigenvalue weighted by molar-refractivity contribution is 0.144. The van der Waals surface area contributed by atoms with E-state index >= 15 is 0 Å². The minimum absolute atomic E-state index is 0.182. The number of hydrogen-bond donors (Lipinski definition) is 1. The van der Waals surface area contributed by atoms with Crippen LogP contribution in [-0.4, -0.2) is 11.7 Å². The first-order valence-electron chi connectivity index (χ1n) is 3.75. The molecule has 0 aromatic carbocycles. The van der Waals surface area contributed by atoms with Crippen molar-refractivity contribution in [2.24, 2.45) is 11.3 Å². The van der Waals surface area contributed by atoms with E-state index in [2.05, 4.69) is 13.8 Å². The summed E-state index contributed by atoms with van der Waals surface area (Å²) in [4.78, 5) is 0. The van der Waals surface area contributed by atoms with Crippen LogP contribution < -0.4 is 0 Å². The highest BCUT2D eigenvalue weighted by Gasteiger charge is 2.29. The molecule has 1 N–H and O–H groups in total. The zero-order valence-corrected chi connectivity index (χ0v) is 6.35. The summed E-state index contributed by atoms with van der Waals surface area (Å²) in [5.41, 5.74) is 0.182. The van der Waals surface area contributed by atoms with E-state index in [-0.39, 0.29) is 5.41 Å². The Balaban J connectivity index is 2.21. The van der Waals surface area contributed by atoms with Crippen molar-refractivity contribution in [1.29, 1.82) is 0 Å². The van der Waals surface area contributed by atoms with Gasteiger partial charge >= 0.3 is 0 Å². The Morgan fingerprint density at radius 3 is 2.33 bits per heavy atom. The van der Waals surface area contributed by atoms with Crippen molar-refractivity contribution in [2.75, 3.05) is 6.61 Å². The molecule has 0 aromatic rings. The van der Waals surface area contributed by atoms with Crippen LogP contribution in [-0.2, 0) is 0 Å². The summed E-state index contributed by atoms with van der Waals surface area (Å²) < 4.78 is 0. The van der Waals surface area contributed by atoms with Gasteiger partial charge in [0.05, 0.1) is 0 Å². The Labute approximate surface area is 57.1 Å². The topological polar surface area (TPSA) is 20.2 Å². The zero-order chi connectivity index (χ0) is 6.91. The molecule has 9 heavy (non-hydrogen) atoms. The molecule has 1 nitrogen and oxygen atoms in total. The summed E-state index contributed by atoms with van der Waals surface area (Å²) in [6, 6.07) is 0. The highest BCUT2D eigenvalue weighted by Crippen LogP contribution is 2.39. The quantitative estimate of drug-likeness (QED) is 0.614. The molecule has 0 atom stereocenters. The molecule has 1 aliphatic carbocycles. The predicted octanol–water partition coefficient (Wildman–Crippen LogP) is 1.80. The lowest BCUT2D eigenvalue weighted by Gasteiger charge is -2.20. The van der Waals surface area contributed by atoms with E-state index < -0.39 is 0 Å². The molecule has 0 saturated heterocycles. The molecule has 1 saturated carbocycles. The molecule has 1 fully saturated rings. The van der Waals surface area contributed by atoms with Gasteiger partial charge in [-0.2, -0.15) is 0 Å². The summed E-state index contributed by atoms with van der Waals surface area (Å²) >= 11 is 0. The first-order valence-corrected chi connectivity index (χ1v) is 3.75. The maximum atomic E-state index is 8.87. The average molecular weight is 128 g/mol. The minimum atomic E-state index is 0.182. The molecule has 1 aliphatic rings. The first kappa shape index (κ1) is 7.07. The predicted molar refractivity (Wildman–Crippen MR) is 38.2 cm³/mol. The maximum Gasteiger partial charge on any atom is 0.0482 e. The molecule has 0 aromatic heterocycles. The van der Waals surface area contributed by atoms with Gasteiger partial charge in [-0.3, -0.25) is 0 Å². The molecular formula is C8H16O. The Morgan fingerprint density at radius 2 is 2.00 bits per heavy atom. The van der Waals surface area contributed by atoms with E-state index in [4.69, 9.17) is 5.11 Å². The average Bonchev–Trinajstić information content (AvgIpc) is 2.50. The number of hydrogen-bond acceptors (Lipinski definition) is 1. The standard InChI is InChI=1S/C8H16O/c1-8(2,6-9)5-7-3-4-7/h7,9H,3-6H2,1-2H3. The van der Waals surface area contributed by atoms with Gasteiger partial charge in [0.1, 0.15) is 0 Å². The van der Waals surface area contributed by atoms with E-state index in [0.29, 0.717) is 6.61 Å². The van der Waals surface area contributed by atoms with Crippen molar-refractivity contribution in [3.63, 3.8) is 0 Å². The first-order chi connectivity index (χ1) is 4.14. The summed E-state index contributed by atoms with van der Waals surface area (Å²) in [5.74, 6) is 0.937. The molecule has 0 radical (unpaired) electrons. The van der Waals surface area contributed by atoms with Gasteiger partial charge in [-0.15, -0.1) is 0 Å². The second-order valence-electron chi connectivity index (χ2n) is 3.97. The summed E-state index contributed by atoms with van der Waals surface area (Å²) in [6.45, 7) is 4.60. The normalized spacial score (nSPS) is 20.3. The van der Waals surface area contributed by atoms with Gasteiger partial charge in [0, 0.05) is 6.61 Å². The van der Waals surface area contributed by atoms with Gasteiger partial charge < -0.3 is 5.11 Å². The maximum absolute atomic E-state index is 8.87. The molecule has 0 amide bonds. The Kier molecular flexibility index (Phi) is 1.80. The van der Waals surface area contributed by atoms with Gasteiger partial charge in [-0.25, -0.2) is 0 Å². The Morgan fingerprint density at radius 1 is 1.44 bits per heavy atom. The molecule has 0 heterocycles. The van der Waals surface area contributed by atoms with Crippen molar-refractivity contribution in [3.05, 3.63) is 0 Å². The molecule has 0 spiro atoms. The largest absolute Gasteiger partial charge is 0.396 e. The van der Waals surface area contributed by atoms with Crippen LogP contribution in [0.1, 0.15) is 33.1 Å². The van der Waals surface area contributed by atoms with Crippen LogP contribution >= 0.6 is 0 Å². The molecular weight excluding hydrogens is 112 g/mol. The Bertz CT molecular complexity index is 92.7. The molecule has 0 aliphatic heterocycles. The van der Waals surface area contributed by atoms with Gasteiger partial charge in [-0.05, 0) is 17.8 Å². The van der Waals surface area contributed by atoms with Crippen molar-refractivity contribution in [2.45, 2.75) is 33.1 Å². The third kappa shape index (κ3) is 2.35. The summed E-state index contributed by atoms with van der Waals surface area (Å²) in [7, 11) is 0. The number of rotatable bonds is 3. The van der Waals surface area contributed by atoms with Crippen LogP contribution in [0.2, 0.25) is 0 Å². The molecule has 1 heteroatoms. The fourth-order valence-corrected chi connectivity index (χ4v) is 1.17. The number of aliphatic hydroxyl groups is 1. The van der Waals surface area contributed by atoms with Gasteiger partial charge in [0.15, 0.2) is 0 Å². The zero-order valence-electron chi connectivity index (χ0n) is 6.35. The van der Waals surface area contributed by atoms with E-state index in [1.165, 1.54) is 19.3 Å². The second kappa shape index (κ2) is 2.30. The van der Waals surface area contributed by atoms with Crippen LogP contribution in [0.15, 0.2) is 0 Å². The highest BCUT2D eigenvalue weighted by molar-refractivity contribution is 4.80. The van der Waals surface area contributed by atoms with Crippen molar-refractivity contribution >= 4 is 0 Å². The van der Waals surface area contributed by atoms with E-state index in [9.17, 15) is 0 Å². The molecule has 0 bridgehead atoms. The number of aliphatic hydroxyl groups excluding tert-OH is 1. The smallest absolute Gasteiger partial charge is 0.0482 e. The van der Waals surface area contributed by atoms with Crippen molar-refractivity contribution < 1.29 is 5.11 Å². The third-order valence-corrected chi connectivity index (χ3v) is 1.97. The fraction of sp³-hybridized carbons (Fsp3) is 1.00. The lowest BCUT2D eigenvalue weighted by atomic mass is 9.88. The van der Waals surface area contributed by atoms with E-state index in [1.54, 1.807) is 0 Å². The molecule has 54 valence electrons. The highest BCUT2D eigenvalue weighted by atomic mass is 16.3. The summed E-state index contributed by atoms with van der Waals surface area (Å²) in [5, 5.41) is 8.87. The summed E-state index contributed by atoms with van der Waals surface area (Å²) in [6.07, 6.45) is 4.00. The molecule has 0 unspecified atom stereocenters. The van der Waals surface area contributed by atoms with Crippen molar-refractivity contribution in [1.82, 2.24) is 0 Å². The van der Waals surface area contributed by atoms with Gasteiger partial charge in [0.25, 0.3) is 0 Å². The van der Waals surface area contributed by atoms with Crippen LogP contribution in [0, 0.1) is 11.3 Å². The fourth-order valence-electron chi connectivity index (χ4n) is 1.17.